The standard InChI is InChI=1S/C19H20F2N2O2S/c20-16-5-6-18(21)19(11-16)26(24,25)23-10-8-17(13-23)22-9-7-14-3-1-2-4-15(14)12-22/h1-6,11,17H,7-10,12-13H2. The highest BCUT2D eigenvalue weighted by Gasteiger charge is 2.37. The molecule has 2 aliphatic heterocycles. The molecule has 2 aliphatic rings. The molecule has 0 amide bonds. The van der Waals surface area contributed by atoms with Crippen molar-refractivity contribution in [3.05, 3.63) is 65.2 Å². The van der Waals surface area contributed by atoms with E-state index in [0.717, 1.165) is 37.7 Å². The highest BCUT2D eigenvalue weighted by atomic mass is 32.2. The van der Waals surface area contributed by atoms with Gasteiger partial charge in [0, 0.05) is 32.2 Å². The number of nitrogens with zero attached hydrogens (tertiary/aromatic N) is 2. The Bertz CT molecular complexity index is 933. The third-order valence-electron chi connectivity index (χ3n) is 5.31. The Morgan fingerprint density at radius 2 is 1.77 bits per heavy atom. The van der Waals surface area contributed by atoms with Crippen molar-refractivity contribution in [3.8, 4) is 0 Å². The first kappa shape index (κ1) is 17.6. The average Bonchev–Trinajstić information content (AvgIpc) is 3.14. The van der Waals surface area contributed by atoms with Gasteiger partial charge in [0.05, 0.1) is 0 Å². The van der Waals surface area contributed by atoms with Crippen LogP contribution in [0.1, 0.15) is 17.5 Å². The van der Waals surface area contributed by atoms with E-state index >= 15 is 0 Å². The molecule has 2 aromatic carbocycles. The van der Waals surface area contributed by atoms with Gasteiger partial charge in [0.1, 0.15) is 16.5 Å². The summed E-state index contributed by atoms with van der Waals surface area (Å²) in [7, 11) is -4.03. The van der Waals surface area contributed by atoms with Crippen molar-refractivity contribution in [2.45, 2.75) is 30.3 Å². The molecule has 0 saturated carbocycles. The van der Waals surface area contributed by atoms with E-state index in [2.05, 4.69) is 17.0 Å². The Hall–Kier alpha value is -1.83. The van der Waals surface area contributed by atoms with Crippen molar-refractivity contribution in [1.29, 1.82) is 0 Å². The molecule has 1 saturated heterocycles. The van der Waals surface area contributed by atoms with E-state index in [1.54, 1.807) is 0 Å². The highest BCUT2D eigenvalue weighted by Crippen LogP contribution is 2.28. The molecular weight excluding hydrogens is 358 g/mol. The number of benzene rings is 2. The summed E-state index contributed by atoms with van der Waals surface area (Å²) in [5.74, 6) is -1.67. The van der Waals surface area contributed by atoms with E-state index in [9.17, 15) is 17.2 Å². The van der Waals surface area contributed by atoms with Crippen molar-refractivity contribution in [1.82, 2.24) is 9.21 Å². The first-order valence-corrected chi connectivity index (χ1v) is 10.2. The molecule has 138 valence electrons. The molecule has 1 atom stereocenters. The zero-order valence-electron chi connectivity index (χ0n) is 14.2. The van der Waals surface area contributed by atoms with Gasteiger partial charge in [-0.1, -0.05) is 24.3 Å². The van der Waals surface area contributed by atoms with Crippen LogP contribution >= 0.6 is 0 Å². The van der Waals surface area contributed by atoms with Gasteiger partial charge in [-0.05, 0) is 42.2 Å². The van der Waals surface area contributed by atoms with Crippen molar-refractivity contribution in [2.75, 3.05) is 19.6 Å². The lowest BCUT2D eigenvalue weighted by Gasteiger charge is -2.33. The van der Waals surface area contributed by atoms with E-state index in [-0.39, 0.29) is 6.04 Å². The van der Waals surface area contributed by atoms with Gasteiger partial charge in [-0.2, -0.15) is 4.31 Å². The fraction of sp³-hybridized carbons (Fsp3) is 0.368. The summed E-state index contributed by atoms with van der Waals surface area (Å²) in [5, 5.41) is 0. The zero-order valence-corrected chi connectivity index (χ0v) is 15.1. The lowest BCUT2D eigenvalue weighted by Crippen LogP contribution is -2.41. The molecule has 7 heteroatoms. The fourth-order valence-corrected chi connectivity index (χ4v) is 5.44. The summed E-state index contributed by atoms with van der Waals surface area (Å²) in [4.78, 5) is 1.71. The SMILES string of the molecule is O=S(=O)(c1cc(F)ccc1F)N1CCC(N2CCc3ccccc3C2)C1. The van der Waals surface area contributed by atoms with E-state index in [0.29, 0.717) is 19.5 Å². The highest BCUT2D eigenvalue weighted by molar-refractivity contribution is 7.89. The second-order valence-electron chi connectivity index (χ2n) is 6.87. The Kier molecular flexibility index (Phi) is 4.54. The van der Waals surface area contributed by atoms with Crippen LogP contribution in [0.3, 0.4) is 0 Å². The summed E-state index contributed by atoms with van der Waals surface area (Å²) < 4.78 is 54.1. The summed E-state index contributed by atoms with van der Waals surface area (Å²) in [6.07, 6.45) is 1.64. The van der Waals surface area contributed by atoms with Crippen LogP contribution in [-0.2, 0) is 23.0 Å². The molecular formula is C19H20F2N2O2S. The number of sulfonamides is 1. The molecule has 0 bridgehead atoms. The minimum atomic E-state index is -4.03. The van der Waals surface area contributed by atoms with E-state index in [4.69, 9.17) is 0 Å². The number of fused-ring (bicyclic) bond motifs is 1. The van der Waals surface area contributed by atoms with Crippen LogP contribution in [0.4, 0.5) is 8.78 Å². The van der Waals surface area contributed by atoms with Crippen LogP contribution in [-0.4, -0.2) is 43.3 Å². The van der Waals surface area contributed by atoms with Crippen LogP contribution in [0.15, 0.2) is 47.4 Å². The average molecular weight is 378 g/mol. The van der Waals surface area contributed by atoms with Gasteiger partial charge in [0.25, 0.3) is 0 Å². The number of hydrogen-bond acceptors (Lipinski definition) is 3. The molecule has 4 rings (SSSR count). The number of hydrogen-bond donors (Lipinski definition) is 0. The van der Waals surface area contributed by atoms with Crippen LogP contribution < -0.4 is 0 Å². The van der Waals surface area contributed by atoms with Gasteiger partial charge in [-0.25, -0.2) is 17.2 Å². The van der Waals surface area contributed by atoms with Crippen LogP contribution in [0, 0.1) is 11.6 Å². The Morgan fingerprint density at radius 3 is 2.58 bits per heavy atom. The van der Waals surface area contributed by atoms with E-state index < -0.39 is 26.6 Å². The first-order chi connectivity index (χ1) is 12.4. The maximum Gasteiger partial charge on any atom is 0.246 e. The minimum Gasteiger partial charge on any atom is -0.294 e. The third-order valence-corrected chi connectivity index (χ3v) is 7.19. The molecule has 0 radical (unpaired) electrons. The lowest BCUT2D eigenvalue weighted by molar-refractivity contribution is 0.185. The molecule has 0 aromatic heterocycles. The van der Waals surface area contributed by atoms with E-state index in [1.807, 2.05) is 12.1 Å². The molecule has 2 aromatic rings. The Labute approximate surface area is 152 Å². The molecule has 0 spiro atoms. The van der Waals surface area contributed by atoms with Crippen LogP contribution in [0.5, 0.6) is 0 Å². The number of rotatable bonds is 3. The molecule has 26 heavy (non-hydrogen) atoms. The maximum absolute atomic E-state index is 14.0. The first-order valence-electron chi connectivity index (χ1n) is 8.71. The zero-order chi connectivity index (χ0) is 18.3. The predicted molar refractivity (Wildman–Crippen MR) is 94.1 cm³/mol. The fourth-order valence-electron chi connectivity index (χ4n) is 3.87. The van der Waals surface area contributed by atoms with Gasteiger partial charge in [0.2, 0.25) is 10.0 Å². The number of halogens is 2. The predicted octanol–water partition coefficient (Wildman–Crippen LogP) is 2.79. The minimum absolute atomic E-state index is 0.0924. The van der Waals surface area contributed by atoms with Crippen molar-refractivity contribution in [3.63, 3.8) is 0 Å². The molecule has 1 fully saturated rings. The van der Waals surface area contributed by atoms with Gasteiger partial charge in [-0.15, -0.1) is 0 Å². The van der Waals surface area contributed by atoms with Gasteiger partial charge >= 0.3 is 0 Å². The smallest absolute Gasteiger partial charge is 0.246 e. The van der Waals surface area contributed by atoms with Crippen molar-refractivity contribution in [2.24, 2.45) is 0 Å². The Morgan fingerprint density at radius 1 is 1.00 bits per heavy atom. The Balaban J connectivity index is 1.51. The van der Waals surface area contributed by atoms with Crippen LogP contribution in [0.2, 0.25) is 0 Å². The summed E-state index contributed by atoms with van der Waals surface area (Å²) in [5.41, 5.74) is 2.62. The molecule has 1 unspecified atom stereocenters. The summed E-state index contributed by atoms with van der Waals surface area (Å²) >= 11 is 0. The molecule has 0 aliphatic carbocycles. The van der Waals surface area contributed by atoms with Gasteiger partial charge in [0.15, 0.2) is 0 Å². The molecule has 0 N–H and O–H groups in total. The van der Waals surface area contributed by atoms with Crippen LogP contribution in [0.25, 0.3) is 0 Å². The van der Waals surface area contributed by atoms with E-state index in [1.165, 1.54) is 15.4 Å². The molecule has 2 heterocycles. The lowest BCUT2D eigenvalue weighted by atomic mass is 9.98. The summed E-state index contributed by atoms with van der Waals surface area (Å²) in [6.45, 7) is 2.30. The summed E-state index contributed by atoms with van der Waals surface area (Å²) in [6, 6.07) is 10.9. The third kappa shape index (κ3) is 3.15. The second-order valence-corrected chi connectivity index (χ2v) is 8.78. The maximum atomic E-state index is 14.0. The largest absolute Gasteiger partial charge is 0.294 e. The second kappa shape index (κ2) is 6.72. The normalized spacial score (nSPS) is 21.7. The van der Waals surface area contributed by atoms with Crippen molar-refractivity contribution < 1.29 is 17.2 Å². The quantitative estimate of drug-likeness (QED) is 0.825. The monoisotopic (exact) mass is 378 g/mol. The van der Waals surface area contributed by atoms with Crippen molar-refractivity contribution >= 4 is 10.0 Å². The topological polar surface area (TPSA) is 40.6 Å². The van der Waals surface area contributed by atoms with Gasteiger partial charge < -0.3 is 0 Å². The van der Waals surface area contributed by atoms with Gasteiger partial charge in [-0.3, -0.25) is 4.90 Å². The molecule has 4 nitrogen and oxygen atoms in total.